The molecule has 4 atom stereocenters. The Morgan fingerprint density at radius 3 is 2.73 bits per heavy atom. The van der Waals surface area contributed by atoms with Crippen LogP contribution in [-0.4, -0.2) is 59.3 Å². The Kier molecular flexibility index (Phi) is 4.17. The molecule has 9 nitrogen and oxygen atoms in total. The smallest absolute Gasteiger partial charge is 0.352 e. The van der Waals surface area contributed by atoms with E-state index in [4.69, 9.17) is 0 Å². The molecule has 0 aliphatic carbocycles. The fourth-order valence-electron chi connectivity index (χ4n) is 4.42. The number of aromatic nitrogens is 3. The van der Waals surface area contributed by atoms with Crippen molar-refractivity contribution < 1.29 is 24.6 Å². The SMILES string of the molecule is C[C@@H](O)[C@H]1C(=O)N2C(C(=O)O)=C(c3cn4cnc(C(=O)c5cncs5)c4s3)[C@H](C)[C@H]12. The van der Waals surface area contributed by atoms with E-state index in [0.717, 1.165) is 0 Å². The van der Waals surface area contributed by atoms with E-state index in [2.05, 4.69) is 9.97 Å². The van der Waals surface area contributed by atoms with Crippen molar-refractivity contribution in [2.75, 3.05) is 0 Å². The number of nitrogens with zero attached hydrogens (tertiary/aromatic N) is 4. The molecule has 1 amide bonds. The van der Waals surface area contributed by atoms with Crippen molar-refractivity contribution in [3.63, 3.8) is 0 Å². The molecule has 2 N–H and O–H groups in total. The Balaban J connectivity index is 1.61. The number of fused-ring (bicyclic) bond motifs is 2. The van der Waals surface area contributed by atoms with Crippen LogP contribution >= 0.6 is 22.7 Å². The zero-order chi connectivity index (χ0) is 21.3. The largest absolute Gasteiger partial charge is 0.477 e. The molecule has 1 fully saturated rings. The third-order valence-corrected chi connectivity index (χ3v) is 7.64. The van der Waals surface area contributed by atoms with E-state index >= 15 is 0 Å². The van der Waals surface area contributed by atoms with Gasteiger partial charge in [-0.3, -0.25) is 19.0 Å². The number of amides is 1. The normalized spacial score (nSPS) is 24.3. The quantitative estimate of drug-likeness (QED) is 0.453. The van der Waals surface area contributed by atoms with Gasteiger partial charge in [0.05, 0.1) is 33.3 Å². The molecular formula is C19H16N4O5S2. The number of aliphatic hydroxyl groups is 1. The van der Waals surface area contributed by atoms with Crippen LogP contribution in [0.5, 0.6) is 0 Å². The predicted octanol–water partition coefficient (Wildman–Crippen LogP) is 1.74. The van der Waals surface area contributed by atoms with E-state index in [-0.39, 0.29) is 29.0 Å². The molecule has 3 aromatic rings. The van der Waals surface area contributed by atoms with Crippen LogP contribution in [-0.2, 0) is 9.59 Å². The molecule has 0 spiro atoms. The minimum Gasteiger partial charge on any atom is -0.477 e. The lowest BCUT2D eigenvalue weighted by molar-refractivity contribution is -0.163. The van der Waals surface area contributed by atoms with Gasteiger partial charge in [-0.15, -0.1) is 22.7 Å². The monoisotopic (exact) mass is 444 g/mol. The molecule has 0 aromatic carbocycles. The zero-order valence-corrected chi connectivity index (χ0v) is 17.5. The summed E-state index contributed by atoms with van der Waals surface area (Å²) in [5.41, 5.74) is 2.33. The van der Waals surface area contributed by atoms with Gasteiger partial charge in [0.1, 0.15) is 22.5 Å². The number of carbonyl (C=O) groups is 3. The number of carboxylic acids is 1. The van der Waals surface area contributed by atoms with Crippen LogP contribution in [0.25, 0.3) is 10.4 Å². The summed E-state index contributed by atoms with van der Waals surface area (Å²) in [7, 11) is 0. The summed E-state index contributed by atoms with van der Waals surface area (Å²) in [6, 6.07) is -0.392. The van der Waals surface area contributed by atoms with Crippen molar-refractivity contribution >= 4 is 50.7 Å². The number of aliphatic carboxylic acids is 1. The van der Waals surface area contributed by atoms with Gasteiger partial charge < -0.3 is 15.1 Å². The van der Waals surface area contributed by atoms with E-state index < -0.39 is 24.0 Å². The highest BCUT2D eigenvalue weighted by Gasteiger charge is 2.60. The van der Waals surface area contributed by atoms with Crippen LogP contribution in [0, 0.1) is 11.8 Å². The van der Waals surface area contributed by atoms with Gasteiger partial charge in [0.2, 0.25) is 11.7 Å². The number of imidazole rings is 1. The molecule has 0 unspecified atom stereocenters. The summed E-state index contributed by atoms with van der Waals surface area (Å²) in [4.78, 5) is 48.5. The molecular weight excluding hydrogens is 428 g/mol. The second-order valence-corrected chi connectivity index (χ2v) is 9.33. The maximum atomic E-state index is 12.7. The molecule has 3 aromatic heterocycles. The highest BCUT2D eigenvalue weighted by molar-refractivity contribution is 7.19. The number of hydrogen-bond donors (Lipinski definition) is 2. The van der Waals surface area contributed by atoms with Crippen molar-refractivity contribution in [3.05, 3.63) is 45.4 Å². The maximum absolute atomic E-state index is 12.7. The Morgan fingerprint density at radius 1 is 1.33 bits per heavy atom. The van der Waals surface area contributed by atoms with Gasteiger partial charge in [0, 0.05) is 23.9 Å². The van der Waals surface area contributed by atoms with E-state index in [9.17, 15) is 24.6 Å². The first-order valence-corrected chi connectivity index (χ1v) is 10.9. The summed E-state index contributed by atoms with van der Waals surface area (Å²) in [5, 5.41) is 19.8. The number of β-lactam (4-membered cyclic amide) rings is 1. The second-order valence-electron chi connectivity index (χ2n) is 7.42. The second kappa shape index (κ2) is 6.56. The number of carboxylic acid groups (broad SMARTS) is 1. The number of carbonyl (C=O) groups excluding carboxylic acids is 2. The molecule has 5 heterocycles. The van der Waals surface area contributed by atoms with Crippen LogP contribution in [0.4, 0.5) is 0 Å². The Labute approximate surface area is 177 Å². The molecule has 1 saturated heterocycles. The Hall–Kier alpha value is -2.89. The van der Waals surface area contributed by atoms with Crippen LogP contribution in [0.2, 0.25) is 0 Å². The van der Waals surface area contributed by atoms with Crippen LogP contribution < -0.4 is 0 Å². The van der Waals surface area contributed by atoms with Crippen molar-refractivity contribution in [1.29, 1.82) is 0 Å². The van der Waals surface area contributed by atoms with Crippen molar-refractivity contribution in [2.24, 2.45) is 11.8 Å². The molecule has 2 aliphatic rings. The highest BCUT2D eigenvalue weighted by Crippen LogP contribution is 2.51. The first-order chi connectivity index (χ1) is 14.3. The topological polar surface area (TPSA) is 125 Å². The standard InChI is InChI=1S/C19H16N4O5S2/c1-7-11(15(19(27)28)23-14(7)12(8(2)24)17(23)26)10-4-22-5-21-13(18(22)30-10)16(25)9-3-20-6-29-9/h3-8,12,14,24H,1-2H3,(H,27,28)/t7-,8+,12+,14+/m0/s1. The van der Waals surface area contributed by atoms with E-state index in [1.807, 2.05) is 6.92 Å². The molecule has 11 heteroatoms. The summed E-state index contributed by atoms with van der Waals surface area (Å²) >= 11 is 2.49. The first kappa shape index (κ1) is 19.1. The van der Waals surface area contributed by atoms with Gasteiger partial charge in [-0.1, -0.05) is 6.92 Å². The zero-order valence-electron chi connectivity index (χ0n) is 15.8. The molecule has 2 aliphatic heterocycles. The lowest BCUT2D eigenvalue weighted by Crippen LogP contribution is -2.63. The number of thiazole rings is 2. The average molecular weight is 444 g/mol. The summed E-state index contributed by atoms with van der Waals surface area (Å²) in [6.07, 6.45) is 3.88. The van der Waals surface area contributed by atoms with Gasteiger partial charge in [0.15, 0.2) is 0 Å². The van der Waals surface area contributed by atoms with E-state index in [1.54, 1.807) is 23.0 Å². The van der Waals surface area contributed by atoms with E-state index in [1.165, 1.54) is 40.1 Å². The number of ketones is 1. The van der Waals surface area contributed by atoms with Gasteiger partial charge in [0.25, 0.3) is 0 Å². The number of rotatable bonds is 5. The molecule has 0 bridgehead atoms. The van der Waals surface area contributed by atoms with Crippen LogP contribution in [0.15, 0.2) is 29.9 Å². The van der Waals surface area contributed by atoms with Gasteiger partial charge in [-0.2, -0.15) is 0 Å². The first-order valence-electron chi connectivity index (χ1n) is 9.20. The molecule has 154 valence electrons. The summed E-state index contributed by atoms with van der Waals surface area (Å²) in [6.45, 7) is 3.41. The van der Waals surface area contributed by atoms with Crippen LogP contribution in [0.3, 0.4) is 0 Å². The third-order valence-electron chi connectivity index (χ3n) is 5.72. The lowest BCUT2D eigenvalue weighted by atomic mass is 9.77. The van der Waals surface area contributed by atoms with Gasteiger partial charge in [-0.25, -0.2) is 9.78 Å². The molecule has 30 heavy (non-hydrogen) atoms. The number of aliphatic hydroxyl groups excluding tert-OH is 1. The minimum atomic E-state index is -1.19. The Bertz CT molecular complexity index is 1240. The fraction of sp³-hybridized carbons (Fsp3) is 0.316. The fourth-order valence-corrected chi connectivity index (χ4v) is 6.19. The molecule has 5 rings (SSSR count). The summed E-state index contributed by atoms with van der Waals surface area (Å²) < 4.78 is 1.69. The van der Waals surface area contributed by atoms with Crippen molar-refractivity contribution in [2.45, 2.75) is 26.0 Å². The maximum Gasteiger partial charge on any atom is 0.352 e. The van der Waals surface area contributed by atoms with Crippen LogP contribution in [0.1, 0.15) is 34.1 Å². The predicted molar refractivity (Wildman–Crippen MR) is 108 cm³/mol. The minimum absolute atomic E-state index is 0.0535. The number of hydrogen-bond acceptors (Lipinski definition) is 8. The van der Waals surface area contributed by atoms with Gasteiger partial charge >= 0.3 is 5.97 Å². The molecule has 0 saturated carbocycles. The average Bonchev–Trinajstić information content (AvgIpc) is 3.42. The summed E-state index contributed by atoms with van der Waals surface area (Å²) in [5.74, 6) is -2.70. The Morgan fingerprint density at radius 2 is 2.10 bits per heavy atom. The lowest BCUT2D eigenvalue weighted by Gasteiger charge is -2.46. The highest BCUT2D eigenvalue weighted by atomic mass is 32.1. The third kappa shape index (κ3) is 2.45. The van der Waals surface area contributed by atoms with Crippen molar-refractivity contribution in [3.8, 4) is 0 Å². The van der Waals surface area contributed by atoms with Crippen molar-refractivity contribution in [1.82, 2.24) is 19.3 Å². The van der Waals surface area contributed by atoms with Gasteiger partial charge in [-0.05, 0) is 6.92 Å². The molecule has 0 radical (unpaired) electrons. The van der Waals surface area contributed by atoms with E-state index in [0.29, 0.717) is 20.2 Å².